The normalized spacial score (nSPS) is 20.2. The maximum atomic E-state index is 12.4. The number of rotatable bonds is 4. The first kappa shape index (κ1) is 16.7. The SMILES string of the molecule is CC1CN(C(=O)NCCn2cccc2)CCN1CC(F)(F)F. The quantitative estimate of drug-likeness (QED) is 0.919. The smallest absolute Gasteiger partial charge is 0.353 e. The van der Waals surface area contributed by atoms with Crippen molar-refractivity contribution in [3.05, 3.63) is 24.5 Å². The van der Waals surface area contributed by atoms with E-state index in [0.29, 0.717) is 26.2 Å². The van der Waals surface area contributed by atoms with Crippen molar-refractivity contribution in [3.8, 4) is 0 Å². The number of alkyl halides is 3. The van der Waals surface area contributed by atoms with Crippen LogP contribution >= 0.6 is 0 Å². The Bertz CT molecular complexity index is 475. The number of amides is 2. The van der Waals surface area contributed by atoms with Gasteiger partial charge in [0.05, 0.1) is 6.54 Å². The minimum atomic E-state index is -4.20. The lowest BCUT2D eigenvalue weighted by Crippen LogP contribution is -2.57. The number of aromatic nitrogens is 1. The summed E-state index contributed by atoms with van der Waals surface area (Å²) in [5.41, 5.74) is 0. The number of urea groups is 1. The van der Waals surface area contributed by atoms with Crippen LogP contribution in [0.3, 0.4) is 0 Å². The van der Waals surface area contributed by atoms with Gasteiger partial charge in [-0.15, -0.1) is 0 Å². The molecule has 1 atom stereocenters. The van der Waals surface area contributed by atoms with Crippen LogP contribution in [-0.2, 0) is 6.54 Å². The molecular formula is C14H21F3N4O. The molecule has 0 radical (unpaired) electrons. The Morgan fingerprint density at radius 1 is 1.27 bits per heavy atom. The third-order valence-corrected chi connectivity index (χ3v) is 3.75. The fourth-order valence-corrected chi connectivity index (χ4v) is 2.57. The van der Waals surface area contributed by atoms with Gasteiger partial charge in [-0.25, -0.2) is 4.79 Å². The first-order chi connectivity index (χ1) is 10.3. The lowest BCUT2D eigenvalue weighted by Gasteiger charge is -2.39. The average Bonchev–Trinajstić information content (AvgIpc) is 2.92. The standard InChI is InChI=1S/C14H21F3N4O/c1-12-10-20(8-9-21(12)11-14(15,16)17)13(22)18-4-7-19-5-2-3-6-19/h2-3,5-6,12H,4,7-11H2,1H3,(H,18,22). The van der Waals surface area contributed by atoms with Crippen molar-refractivity contribution in [2.24, 2.45) is 0 Å². The topological polar surface area (TPSA) is 40.5 Å². The fraction of sp³-hybridized carbons (Fsp3) is 0.643. The van der Waals surface area contributed by atoms with Gasteiger partial charge in [0, 0.05) is 51.2 Å². The molecule has 1 aliphatic rings. The van der Waals surface area contributed by atoms with E-state index in [0.717, 1.165) is 0 Å². The van der Waals surface area contributed by atoms with Gasteiger partial charge in [-0.3, -0.25) is 4.90 Å². The summed E-state index contributed by atoms with van der Waals surface area (Å²) >= 11 is 0. The van der Waals surface area contributed by atoms with Gasteiger partial charge in [-0.2, -0.15) is 13.2 Å². The molecule has 1 N–H and O–H groups in total. The van der Waals surface area contributed by atoms with E-state index < -0.39 is 12.7 Å². The Hall–Kier alpha value is -1.70. The number of carbonyl (C=O) groups is 1. The second-order valence-corrected chi connectivity index (χ2v) is 5.53. The highest BCUT2D eigenvalue weighted by atomic mass is 19.4. The summed E-state index contributed by atoms with van der Waals surface area (Å²) < 4.78 is 39.2. The maximum absolute atomic E-state index is 12.4. The second kappa shape index (κ2) is 7.04. The molecule has 0 saturated carbocycles. The summed E-state index contributed by atoms with van der Waals surface area (Å²) in [6.07, 6.45) is -0.385. The number of carbonyl (C=O) groups excluding carboxylic acids is 1. The monoisotopic (exact) mass is 318 g/mol. The predicted octanol–water partition coefficient (Wildman–Crippen LogP) is 1.77. The largest absolute Gasteiger partial charge is 0.401 e. The molecule has 0 bridgehead atoms. The van der Waals surface area contributed by atoms with Crippen LogP contribution < -0.4 is 5.32 Å². The molecule has 124 valence electrons. The molecule has 22 heavy (non-hydrogen) atoms. The van der Waals surface area contributed by atoms with Crippen molar-refractivity contribution in [2.75, 3.05) is 32.7 Å². The van der Waals surface area contributed by atoms with Crippen molar-refractivity contribution in [3.63, 3.8) is 0 Å². The van der Waals surface area contributed by atoms with E-state index in [1.807, 2.05) is 29.1 Å². The van der Waals surface area contributed by atoms with Gasteiger partial charge in [-0.1, -0.05) is 0 Å². The Kier molecular flexibility index (Phi) is 5.33. The molecule has 0 aromatic carbocycles. The molecule has 1 saturated heterocycles. The van der Waals surface area contributed by atoms with Gasteiger partial charge in [0.25, 0.3) is 0 Å². The van der Waals surface area contributed by atoms with E-state index in [4.69, 9.17) is 0 Å². The summed E-state index contributed by atoms with van der Waals surface area (Å²) in [5.74, 6) is 0. The van der Waals surface area contributed by atoms with Crippen LogP contribution in [0.2, 0.25) is 0 Å². The van der Waals surface area contributed by atoms with Crippen molar-refractivity contribution in [1.82, 2.24) is 19.7 Å². The molecule has 1 aliphatic heterocycles. The first-order valence-corrected chi connectivity index (χ1v) is 7.29. The van der Waals surface area contributed by atoms with Gasteiger partial charge < -0.3 is 14.8 Å². The lowest BCUT2D eigenvalue weighted by atomic mass is 10.2. The Labute approximate surface area is 127 Å². The van der Waals surface area contributed by atoms with E-state index >= 15 is 0 Å². The minimum Gasteiger partial charge on any atom is -0.353 e. The molecule has 1 aromatic rings. The van der Waals surface area contributed by atoms with Crippen LogP contribution in [0.25, 0.3) is 0 Å². The molecule has 2 amide bonds. The van der Waals surface area contributed by atoms with Crippen molar-refractivity contribution in [2.45, 2.75) is 25.7 Å². The Balaban J connectivity index is 1.73. The summed E-state index contributed by atoms with van der Waals surface area (Å²) in [5, 5.41) is 2.80. The number of hydrogen-bond acceptors (Lipinski definition) is 2. The third kappa shape index (κ3) is 4.94. The van der Waals surface area contributed by atoms with Crippen molar-refractivity contribution in [1.29, 1.82) is 0 Å². The lowest BCUT2D eigenvalue weighted by molar-refractivity contribution is -0.153. The molecule has 1 unspecified atom stereocenters. The van der Waals surface area contributed by atoms with Crippen molar-refractivity contribution < 1.29 is 18.0 Å². The number of nitrogens with zero attached hydrogens (tertiary/aromatic N) is 3. The number of hydrogen-bond donors (Lipinski definition) is 1. The van der Waals surface area contributed by atoms with Gasteiger partial charge in [0.2, 0.25) is 0 Å². The highest BCUT2D eigenvalue weighted by molar-refractivity contribution is 5.74. The van der Waals surface area contributed by atoms with Gasteiger partial charge >= 0.3 is 12.2 Å². The van der Waals surface area contributed by atoms with E-state index in [9.17, 15) is 18.0 Å². The van der Waals surface area contributed by atoms with E-state index in [2.05, 4.69) is 5.32 Å². The number of piperazine rings is 1. The van der Waals surface area contributed by atoms with Crippen LogP contribution in [0, 0.1) is 0 Å². The van der Waals surface area contributed by atoms with Crippen LogP contribution in [0.5, 0.6) is 0 Å². The fourth-order valence-electron chi connectivity index (χ4n) is 2.57. The molecule has 2 heterocycles. The third-order valence-electron chi connectivity index (χ3n) is 3.75. The summed E-state index contributed by atoms with van der Waals surface area (Å²) in [6, 6.07) is 3.29. The van der Waals surface area contributed by atoms with Gasteiger partial charge in [0.1, 0.15) is 0 Å². The number of nitrogens with one attached hydrogen (secondary N) is 1. The summed E-state index contributed by atoms with van der Waals surface area (Å²) in [6.45, 7) is 2.82. The zero-order chi connectivity index (χ0) is 16.2. The summed E-state index contributed by atoms with van der Waals surface area (Å²) in [4.78, 5) is 15.0. The Morgan fingerprint density at radius 3 is 2.55 bits per heavy atom. The first-order valence-electron chi connectivity index (χ1n) is 7.29. The zero-order valence-electron chi connectivity index (χ0n) is 12.5. The molecule has 1 aromatic heterocycles. The second-order valence-electron chi connectivity index (χ2n) is 5.53. The van der Waals surface area contributed by atoms with Crippen LogP contribution in [-0.4, -0.2) is 65.3 Å². The minimum absolute atomic E-state index is 0.217. The van der Waals surface area contributed by atoms with Crippen LogP contribution in [0.1, 0.15) is 6.92 Å². The van der Waals surface area contributed by atoms with Crippen LogP contribution in [0.4, 0.5) is 18.0 Å². The van der Waals surface area contributed by atoms with Crippen LogP contribution in [0.15, 0.2) is 24.5 Å². The molecule has 2 rings (SSSR count). The zero-order valence-corrected chi connectivity index (χ0v) is 12.5. The van der Waals surface area contributed by atoms with E-state index in [1.165, 1.54) is 4.90 Å². The van der Waals surface area contributed by atoms with E-state index in [1.54, 1.807) is 11.8 Å². The summed E-state index contributed by atoms with van der Waals surface area (Å²) in [7, 11) is 0. The molecule has 8 heteroatoms. The average molecular weight is 318 g/mol. The highest BCUT2D eigenvalue weighted by Crippen LogP contribution is 2.20. The molecular weight excluding hydrogens is 297 g/mol. The van der Waals surface area contributed by atoms with Crippen molar-refractivity contribution >= 4 is 6.03 Å². The number of halogens is 3. The maximum Gasteiger partial charge on any atom is 0.401 e. The van der Waals surface area contributed by atoms with E-state index in [-0.39, 0.29) is 18.6 Å². The van der Waals surface area contributed by atoms with Gasteiger partial charge in [-0.05, 0) is 19.1 Å². The Morgan fingerprint density at radius 2 is 1.95 bits per heavy atom. The molecule has 5 nitrogen and oxygen atoms in total. The highest BCUT2D eigenvalue weighted by Gasteiger charge is 2.35. The molecule has 1 fully saturated rings. The van der Waals surface area contributed by atoms with Gasteiger partial charge in [0.15, 0.2) is 0 Å². The molecule has 0 aliphatic carbocycles. The predicted molar refractivity (Wildman–Crippen MR) is 76.5 cm³/mol. The molecule has 0 spiro atoms.